The van der Waals surface area contributed by atoms with Crippen LogP contribution in [0.25, 0.3) is 0 Å². The molecule has 12 heavy (non-hydrogen) atoms. The minimum absolute atomic E-state index is 0.119. The average Bonchev–Trinajstić information content (AvgIpc) is 1.79. The van der Waals surface area contributed by atoms with E-state index < -0.39 is 11.0 Å². The molecule has 1 amide bonds. The second-order valence-corrected chi connectivity index (χ2v) is 4.72. The molecule has 0 aromatic heterocycles. The van der Waals surface area contributed by atoms with Crippen LogP contribution in [0.1, 0.15) is 27.2 Å². The highest BCUT2D eigenvalue weighted by molar-refractivity contribution is 5.82. The number of aliphatic hydroxyl groups is 1. The number of nitrogens with zero attached hydrogens (tertiary/aromatic N) is 1. The van der Waals surface area contributed by atoms with Gasteiger partial charge in [-0.2, -0.15) is 0 Å². The molecule has 1 N–H and O–H groups in total. The summed E-state index contributed by atoms with van der Waals surface area (Å²) in [5, 5.41) is 9.80. The molecule has 1 aliphatic rings. The van der Waals surface area contributed by atoms with Crippen LogP contribution >= 0.6 is 0 Å². The molecule has 0 spiro atoms. The Balaban J connectivity index is 2.87. The van der Waals surface area contributed by atoms with Gasteiger partial charge in [0.05, 0.1) is 5.60 Å². The molecule has 3 nitrogen and oxygen atoms in total. The monoisotopic (exact) mass is 171 g/mol. The van der Waals surface area contributed by atoms with Gasteiger partial charge in [0.15, 0.2) is 0 Å². The summed E-state index contributed by atoms with van der Waals surface area (Å²) in [7, 11) is 1.73. The number of hydrogen-bond acceptors (Lipinski definition) is 2. The highest BCUT2D eigenvalue weighted by atomic mass is 16.3. The van der Waals surface area contributed by atoms with Crippen molar-refractivity contribution in [1.29, 1.82) is 0 Å². The smallest absolute Gasteiger partial charge is 0.228 e. The summed E-state index contributed by atoms with van der Waals surface area (Å²) in [6, 6.07) is 0. The quantitative estimate of drug-likeness (QED) is 0.580. The Morgan fingerprint density at radius 3 is 2.33 bits per heavy atom. The van der Waals surface area contributed by atoms with Crippen molar-refractivity contribution in [3.05, 3.63) is 0 Å². The largest absolute Gasteiger partial charge is 0.388 e. The normalized spacial score (nSPS) is 35.4. The zero-order valence-electron chi connectivity index (χ0n) is 8.22. The highest BCUT2D eigenvalue weighted by Gasteiger charge is 2.43. The van der Waals surface area contributed by atoms with Crippen LogP contribution in [-0.4, -0.2) is 35.1 Å². The van der Waals surface area contributed by atoms with E-state index in [9.17, 15) is 9.90 Å². The molecule has 0 aliphatic carbocycles. The molecule has 1 aliphatic heterocycles. The molecule has 1 rings (SSSR count). The van der Waals surface area contributed by atoms with Gasteiger partial charge < -0.3 is 10.0 Å². The van der Waals surface area contributed by atoms with Gasteiger partial charge in [0.1, 0.15) is 0 Å². The first-order chi connectivity index (χ1) is 5.25. The molecule has 1 atom stereocenters. The lowest BCUT2D eigenvalue weighted by molar-refractivity contribution is -0.154. The van der Waals surface area contributed by atoms with Crippen LogP contribution in [0.3, 0.4) is 0 Å². The van der Waals surface area contributed by atoms with Crippen molar-refractivity contribution in [2.45, 2.75) is 32.8 Å². The average molecular weight is 171 g/mol. The van der Waals surface area contributed by atoms with Gasteiger partial charge in [0.25, 0.3) is 0 Å². The third kappa shape index (κ3) is 1.61. The fraction of sp³-hybridized carbons (Fsp3) is 0.889. The van der Waals surface area contributed by atoms with E-state index in [1.165, 1.54) is 0 Å². The summed E-state index contributed by atoms with van der Waals surface area (Å²) in [6.07, 6.45) is 0.545. The van der Waals surface area contributed by atoms with Crippen LogP contribution in [0, 0.1) is 5.41 Å². The molecule has 0 radical (unpaired) electrons. The predicted molar refractivity (Wildman–Crippen MR) is 46.7 cm³/mol. The van der Waals surface area contributed by atoms with Gasteiger partial charge in [-0.05, 0) is 13.3 Å². The van der Waals surface area contributed by atoms with E-state index in [1.54, 1.807) is 18.9 Å². The molecule has 1 heterocycles. The minimum atomic E-state index is -0.730. The summed E-state index contributed by atoms with van der Waals surface area (Å²) < 4.78 is 0. The Bertz CT molecular complexity index is 209. The second-order valence-electron chi connectivity index (χ2n) is 4.72. The third-order valence-corrected chi connectivity index (χ3v) is 2.33. The fourth-order valence-corrected chi connectivity index (χ4v) is 2.18. The summed E-state index contributed by atoms with van der Waals surface area (Å²) in [4.78, 5) is 13.2. The van der Waals surface area contributed by atoms with Crippen LogP contribution < -0.4 is 0 Å². The predicted octanol–water partition coefficient (Wildman–Crippen LogP) is 0.626. The van der Waals surface area contributed by atoms with Crippen molar-refractivity contribution in [1.82, 2.24) is 4.90 Å². The van der Waals surface area contributed by atoms with E-state index in [0.717, 1.165) is 0 Å². The van der Waals surface area contributed by atoms with E-state index in [0.29, 0.717) is 13.0 Å². The van der Waals surface area contributed by atoms with E-state index >= 15 is 0 Å². The van der Waals surface area contributed by atoms with Crippen LogP contribution in [0.15, 0.2) is 0 Å². The zero-order chi connectivity index (χ0) is 9.57. The van der Waals surface area contributed by atoms with Gasteiger partial charge >= 0.3 is 0 Å². The van der Waals surface area contributed by atoms with Gasteiger partial charge in [-0.15, -0.1) is 0 Å². The lowest BCUT2D eigenvalue weighted by Crippen LogP contribution is -2.55. The molecule has 0 bridgehead atoms. The molecule has 1 saturated heterocycles. The van der Waals surface area contributed by atoms with Gasteiger partial charge in [0, 0.05) is 19.0 Å². The number of rotatable bonds is 0. The molecular weight excluding hydrogens is 154 g/mol. The van der Waals surface area contributed by atoms with Crippen molar-refractivity contribution in [3.63, 3.8) is 0 Å². The Morgan fingerprint density at radius 1 is 1.42 bits per heavy atom. The van der Waals surface area contributed by atoms with E-state index in [4.69, 9.17) is 0 Å². The third-order valence-electron chi connectivity index (χ3n) is 2.33. The van der Waals surface area contributed by atoms with Crippen molar-refractivity contribution in [3.8, 4) is 0 Å². The van der Waals surface area contributed by atoms with Crippen molar-refractivity contribution in [2.24, 2.45) is 5.41 Å². The second kappa shape index (κ2) is 2.46. The first-order valence-corrected chi connectivity index (χ1v) is 4.23. The number of hydrogen-bond donors (Lipinski definition) is 1. The van der Waals surface area contributed by atoms with Crippen molar-refractivity contribution >= 4 is 5.91 Å². The maximum absolute atomic E-state index is 11.5. The first kappa shape index (κ1) is 9.52. The maximum Gasteiger partial charge on any atom is 0.228 e. The molecule has 70 valence electrons. The number of amides is 1. The molecule has 0 saturated carbocycles. The molecular formula is C9H17NO2. The number of piperidine rings is 1. The van der Waals surface area contributed by atoms with Gasteiger partial charge in [-0.3, -0.25) is 4.79 Å². The van der Waals surface area contributed by atoms with Crippen molar-refractivity contribution in [2.75, 3.05) is 13.6 Å². The fourth-order valence-electron chi connectivity index (χ4n) is 2.18. The highest BCUT2D eigenvalue weighted by Crippen LogP contribution is 2.34. The summed E-state index contributed by atoms with van der Waals surface area (Å²) >= 11 is 0. The van der Waals surface area contributed by atoms with Gasteiger partial charge in [-0.25, -0.2) is 0 Å². The summed E-state index contributed by atoms with van der Waals surface area (Å²) in [5.41, 5.74) is -1.15. The lowest BCUT2D eigenvalue weighted by Gasteiger charge is -2.43. The maximum atomic E-state index is 11.5. The van der Waals surface area contributed by atoms with Crippen LogP contribution in [0.4, 0.5) is 0 Å². The van der Waals surface area contributed by atoms with Crippen molar-refractivity contribution < 1.29 is 9.90 Å². The summed E-state index contributed by atoms with van der Waals surface area (Å²) in [5.74, 6) is 0.119. The lowest BCUT2D eigenvalue weighted by atomic mass is 9.76. The van der Waals surface area contributed by atoms with Gasteiger partial charge in [-0.1, -0.05) is 13.8 Å². The number of likely N-dealkylation sites (N-methyl/N-ethyl adjacent to an activating group) is 1. The number of β-amino-alcohol motifs (C(OH)–C–C–N with tert-alkyl or cyclic N) is 1. The van der Waals surface area contributed by atoms with E-state index in [1.807, 2.05) is 13.8 Å². The number of carbonyl (C=O) groups is 1. The topological polar surface area (TPSA) is 40.5 Å². The van der Waals surface area contributed by atoms with Crippen LogP contribution in [-0.2, 0) is 4.79 Å². The van der Waals surface area contributed by atoms with Crippen LogP contribution in [0.5, 0.6) is 0 Å². The molecule has 1 fully saturated rings. The molecule has 0 aromatic rings. The first-order valence-electron chi connectivity index (χ1n) is 4.23. The number of likely N-dealkylation sites (tertiary alicyclic amines) is 1. The Labute approximate surface area is 73.4 Å². The molecule has 1 unspecified atom stereocenters. The Hall–Kier alpha value is -0.570. The summed E-state index contributed by atoms with van der Waals surface area (Å²) in [6.45, 7) is 5.96. The molecule has 3 heteroatoms. The van der Waals surface area contributed by atoms with E-state index in [2.05, 4.69) is 0 Å². The Morgan fingerprint density at radius 2 is 1.92 bits per heavy atom. The standard InChI is InChI=1S/C9H17NO2/c1-8(2)5-9(3,12)6-10(4)7(8)11/h12H,5-6H2,1-4H3. The SMILES string of the molecule is CN1CC(C)(O)CC(C)(C)C1=O. The number of carbonyl (C=O) groups excluding carboxylic acids is 1. The zero-order valence-corrected chi connectivity index (χ0v) is 8.22. The van der Waals surface area contributed by atoms with Crippen LogP contribution in [0.2, 0.25) is 0 Å². The minimum Gasteiger partial charge on any atom is -0.388 e. The van der Waals surface area contributed by atoms with E-state index in [-0.39, 0.29) is 5.91 Å². The molecule has 0 aromatic carbocycles. The Kier molecular flexibility index (Phi) is 1.95. The van der Waals surface area contributed by atoms with Gasteiger partial charge in [0.2, 0.25) is 5.91 Å².